The molecule has 0 bridgehead atoms. The minimum Gasteiger partial charge on any atom is -0.494 e. The number of hydrogen-bond donors (Lipinski definition) is 0. The average molecular weight is 247 g/mol. The van der Waals surface area contributed by atoms with Gasteiger partial charge < -0.3 is 9.47 Å². The standard InChI is InChI=1S/C15H24BO2/c1-4-6-10-17-13-8-9-14(16-3)15(12-13)18-11-7-5-2/h8-9,12H,4-7,10-11H2,1-3H3. The predicted molar refractivity (Wildman–Crippen MR) is 78.5 cm³/mol. The molecule has 1 rings (SSSR count). The van der Waals surface area contributed by atoms with E-state index in [-0.39, 0.29) is 0 Å². The predicted octanol–water partition coefficient (Wildman–Crippen LogP) is 3.42. The number of unbranched alkanes of at least 4 members (excludes halogenated alkanes) is 2. The molecule has 0 N–H and O–H groups in total. The molecule has 0 aliphatic heterocycles. The van der Waals surface area contributed by atoms with Crippen LogP contribution in [0.1, 0.15) is 39.5 Å². The highest BCUT2D eigenvalue weighted by molar-refractivity contribution is 6.53. The number of benzene rings is 1. The van der Waals surface area contributed by atoms with E-state index in [0.717, 1.165) is 55.9 Å². The van der Waals surface area contributed by atoms with Crippen molar-refractivity contribution in [3.8, 4) is 11.5 Å². The van der Waals surface area contributed by atoms with E-state index in [1.54, 1.807) is 0 Å². The topological polar surface area (TPSA) is 18.5 Å². The molecule has 0 saturated heterocycles. The van der Waals surface area contributed by atoms with Gasteiger partial charge in [-0.15, -0.1) is 0 Å². The van der Waals surface area contributed by atoms with E-state index in [0.29, 0.717) is 0 Å². The van der Waals surface area contributed by atoms with E-state index in [1.807, 2.05) is 19.0 Å². The fraction of sp³-hybridized carbons (Fsp3) is 0.600. The third-order valence-corrected chi connectivity index (χ3v) is 2.82. The molecule has 18 heavy (non-hydrogen) atoms. The summed E-state index contributed by atoms with van der Waals surface area (Å²) >= 11 is 0. The van der Waals surface area contributed by atoms with Gasteiger partial charge >= 0.3 is 0 Å². The SMILES string of the molecule is C[B]c1ccc(OCCCC)cc1OCCCC. The molecule has 3 heteroatoms. The highest BCUT2D eigenvalue weighted by atomic mass is 16.5. The summed E-state index contributed by atoms with van der Waals surface area (Å²) in [6.45, 7) is 7.91. The van der Waals surface area contributed by atoms with Gasteiger partial charge in [-0.2, -0.15) is 0 Å². The van der Waals surface area contributed by atoms with Crippen LogP contribution >= 0.6 is 0 Å². The summed E-state index contributed by atoms with van der Waals surface area (Å²) in [6.07, 6.45) is 4.48. The lowest BCUT2D eigenvalue weighted by molar-refractivity contribution is 0.295. The summed E-state index contributed by atoms with van der Waals surface area (Å²) in [5.41, 5.74) is 1.13. The second-order valence-electron chi connectivity index (χ2n) is 4.39. The zero-order valence-corrected chi connectivity index (χ0v) is 11.9. The van der Waals surface area contributed by atoms with Gasteiger partial charge in [0.2, 0.25) is 0 Å². The van der Waals surface area contributed by atoms with Gasteiger partial charge in [-0.05, 0) is 24.4 Å². The van der Waals surface area contributed by atoms with E-state index in [1.165, 1.54) is 0 Å². The first-order chi connectivity index (χ1) is 8.81. The lowest BCUT2D eigenvalue weighted by Gasteiger charge is -2.13. The van der Waals surface area contributed by atoms with Crippen molar-refractivity contribution in [2.45, 2.75) is 46.4 Å². The maximum atomic E-state index is 5.80. The molecule has 0 amide bonds. The van der Waals surface area contributed by atoms with Crippen LogP contribution < -0.4 is 14.9 Å². The highest BCUT2D eigenvalue weighted by Crippen LogP contribution is 2.18. The lowest BCUT2D eigenvalue weighted by Crippen LogP contribution is -2.15. The minimum absolute atomic E-state index is 0.774. The van der Waals surface area contributed by atoms with Crippen molar-refractivity contribution in [1.82, 2.24) is 0 Å². The van der Waals surface area contributed by atoms with Gasteiger partial charge in [0.25, 0.3) is 0 Å². The van der Waals surface area contributed by atoms with Crippen molar-refractivity contribution in [2.75, 3.05) is 13.2 Å². The van der Waals surface area contributed by atoms with Crippen molar-refractivity contribution in [3.05, 3.63) is 18.2 Å². The summed E-state index contributed by atoms with van der Waals surface area (Å²) in [7, 11) is 2.07. The van der Waals surface area contributed by atoms with E-state index >= 15 is 0 Å². The zero-order chi connectivity index (χ0) is 13.2. The van der Waals surface area contributed by atoms with Crippen molar-refractivity contribution >= 4 is 12.7 Å². The molecule has 0 atom stereocenters. The molecule has 1 radical (unpaired) electrons. The second-order valence-corrected chi connectivity index (χ2v) is 4.39. The Labute approximate surface area is 112 Å². The van der Waals surface area contributed by atoms with Gasteiger partial charge in [0.15, 0.2) is 7.28 Å². The molecule has 0 fully saturated rings. The van der Waals surface area contributed by atoms with Crippen LogP contribution in [0.3, 0.4) is 0 Å². The van der Waals surface area contributed by atoms with Crippen LogP contribution in [-0.2, 0) is 0 Å². The van der Waals surface area contributed by atoms with Crippen LogP contribution in [0.15, 0.2) is 18.2 Å². The Bertz CT molecular complexity index is 339. The first-order valence-electron chi connectivity index (χ1n) is 7.00. The third kappa shape index (κ3) is 5.03. The Kier molecular flexibility index (Phi) is 7.39. The molecule has 0 aliphatic carbocycles. The van der Waals surface area contributed by atoms with E-state index in [4.69, 9.17) is 9.47 Å². The normalized spacial score (nSPS) is 10.2. The first-order valence-corrected chi connectivity index (χ1v) is 7.00. The Morgan fingerprint density at radius 3 is 2.28 bits per heavy atom. The summed E-state index contributed by atoms with van der Waals surface area (Å²) in [5.74, 6) is 1.83. The molecule has 0 heterocycles. The summed E-state index contributed by atoms with van der Waals surface area (Å²) in [6, 6.07) is 6.07. The lowest BCUT2D eigenvalue weighted by atomic mass is 9.73. The fourth-order valence-electron chi connectivity index (χ4n) is 1.63. The van der Waals surface area contributed by atoms with Gasteiger partial charge in [-0.25, -0.2) is 0 Å². The molecule has 0 aromatic heterocycles. The van der Waals surface area contributed by atoms with Crippen molar-refractivity contribution in [1.29, 1.82) is 0 Å². The Hall–Kier alpha value is -1.12. The van der Waals surface area contributed by atoms with Crippen LogP contribution in [-0.4, -0.2) is 20.5 Å². The number of hydrogen-bond acceptors (Lipinski definition) is 2. The van der Waals surface area contributed by atoms with Crippen molar-refractivity contribution < 1.29 is 9.47 Å². The summed E-state index contributed by atoms with van der Waals surface area (Å²) in [5, 5.41) is 0. The maximum absolute atomic E-state index is 5.80. The zero-order valence-electron chi connectivity index (χ0n) is 11.9. The van der Waals surface area contributed by atoms with E-state index < -0.39 is 0 Å². The molecular formula is C15H24BO2. The van der Waals surface area contributed by atoms with Crippen molar-refractivity contribution in [3.63, 3.8) is 0 Å². The summed E-state index contributed by atoms with van der Waals surface area (Å²) in [4.78, 5) is 0. The van der Waals surface area contributed by atoms with Gasteiger partial charge in [0.05, 0.1) is 13.2 Å². The Morgan fingerprint density at radius 2 is 1.67 bits per heavy atom. The fourth-order valence-corrected chi connectivity index (χ4v) is 1.63. The smallest absolute Gasteiger partial charge is 0.153 e. The maximum Gasteiger partial charge on any atom is 0.153 e. The quantitative estimate of drug-likeness (QED) is 0.491. The molecule has 0 spiro atoms. The van der Waals surface area contributed by atoms with Crippen molar-refractivity contribution in [2.24, 2.45) is 0 Å². The van der Waals surface area contributed by atoms with E-state index in [9.17, 15) is 0 Å². The molecule has 0 saturated carbocycles. The van der Waals surface area contributed by atoms with Crippen LogP contribution in [0.5, 0.6) is 11.5 Å². The highest BCUT2D eigenvalue weighted by Gasteiger charge is 2.05. The van der Waals surface area contributed by atoms with Crippen LogP contribution in [0.4, 0.5) is 0 Å². The molecule has 1 aromatic carbocycles. The van der Waals surface area contributed by atoms with Gasteiger partial charge in [-0.3, -0.25) is 0 Å². The average Bonchev–Trinajstić information content (AvgIpc) is 2.40. The van der Waals surface area contributed by atoms with Crippen LogP contribution in [0.25, 0.3) is 0 Å². The number of ether oxygens (including phenoxy) is 2. The molecule has 0 aliphatic rings. The first kappa shape index (κ1) is 14.9. The van der Waals surface area contributed by atoms with Gasteiger partial charge in [-0.1, -0.05) is 39.6 Å². The molecule has 99 valence electrons. The molecule has 0 unspecified atom stereocenters. The Balaban J connectivity index is 2.62. The second kappa shape index (κ2) is 8.90. The molecular weight excluding hydrogens is 223 g/mol. The Morgan fingerprint density at radius 1 is 1.00 bits per heavy atom. The van der Waals surface area contributed by atoms with E-state index in [2.05, 4.69) is 27.2 Å². The minimum atomic E-state index is 0.774. The molecule has 2 nitrogen and oxygen atoms in total. The van der Waals surface area contributed by atoms with Crippen LogP contribution in [0, 0.1) is 0 Å². The van der Waals surface area contributed by atoms with Gasteiger partial charge in [0.1, 0.15) is 11.5 Å². The monoisotopic (exact) mass is 247 g/mol. The molecule has 1 aromatic rings. The largest absolute Gasteiger partial charge is 0.494 e. The number of rotatable bonds is 9. The summed E-state index contributed by atoms with van der Waals surface area (Å²) < 4.78 is 11.5. The van der Waals surface area contributed by atoms with Crippen LogP contribution in [0.2, 0.25) is 6.82 Å². The van der Waals surface area contributed by atoms with Gasteiger partial charge in [0, 0.05) is 6.07 Å². The third-order valence-electron chi connectivity index (χ3n) is 2.82.